The molecule has 0 aliphatic carbocycles. The third kappa shape index (κ3) is 6.21. The molecule has 3 rings (SSSR count). The summed E-state index contributed by atoms with van der Waals surface area (Å²) in [5, 5.41) is 2.98. The number of carbonyl (C=O) groups is 2. The molecule has 1 fully saturated rings. The van der Waals surface area contributed by atoms with Gasteiger partial charge < -0.3 is 19.9 Å². The summed E-state index contributed by atoms with van der Waals surface area (Å²) in [4.78, 5) is 29.3. The van der Waals surface area contributed by atoms with Crippen LogP contribution in [0.5, 0.6) is 5.75 Å². The number of hydrogen-bond acceptors (Lipinski definition) is 4. The Labute approximate surface area is 180 Å². The monoisotopic (exact) mass is 415 g/mol. The lowest BCUT2D eigenvalue weighted by molar-refractivity contribution is -0.125. The zero-order valence-electron chi connectivity index (χ0n) is 18.9. The smallest absolute Gasteiger partial charge is 0.227 e. The van der Waals surface area contributed by atoms with E-state index in [-0.39, 0.29) is 30.8 Å². The van der Waals surface area contributed by atoms with E-state index in [9.17, 15) is 9.59 Å². The minimum atomic E-state index is -0.0572. The third-order valence-corrected chi connectivity index (χ3v) is 5.96. The van der Waals surface area contributed by atoms with Crippen LogP contribution < -0.4 is 15.0 Å². The molecule has 2 heterocycles. The van der Waals surface area contributed by atoms with Crippen LogP contribution in [0.2, 0.25) is 0 Å². The first-order valence-electron chi connectivity index (χ1n) is 11.4. The number of piperidine rings is 1. The average molecular weight is 416 g/mol. The van der Waals surface area contributed by atoms with Gasteiger partial charge in [-0.3, -0.25) is 9.59 Å². The SMILES string of the molecule is Cc1ccc2c(c1)N(C(=O)CCC(=O)NCCCN1C[C@H](C)C[C@H](C)C1)C[C@@H](C)O2. The molecule has 1 N–H and O–H groups in total. The lowest BCUT2D eigenvalue weighted by atomic mass is 9.92. The van der Waals surface area contributed by atoms with E-state index in [4.69, 9.17) is 4.74 Å². The molecular weight excluding hydrogens is 378 g/mol. The van der Waals surface area contributed by atoms with Crippen molar-refractivity contribution in [3.63, 3.8) is 0 Å². The summed E-state index contributed by atoms with van der Waals surface area (Å²) < 4.78 is 5.84. The summed E-state index contributed by atoms with van der Waals surface area (Å²) in [6.07, 6.45) is 2.65. The molecule has 1 aromatic carbocycles. The summed E-state index contributed by atoms with van der Waals surface area (Å²) >= 11 is 0. The molecule has 2 amide bonds. The molecule has 0 unspecified atom stereocenters. The van der Waals surface area contributed by atoms with Gasteiger partial charge in [0.1, 0.15) is 11.9 Å². The number of rotatable bonds is 7. The molecule has 0 saturated carbocycles. The summed E-state index contributed by atoms with van der Waals surface area (Å²) in [7, 11) is 0. The van der Waals surface area contributed by atoms with Crippen molar-refractivity contribution in [2.45, 2.75) is 59.5 Å². The number of hydrogen-bond donors (Lipinski definition) is 1. The molecule has 6 heteroatoms. The fourth-order valence-corrected chi connectivity index (χ4v) is 4.73. The van der Waals surface area contributed by atoms with Gasteiger partial charge in [-0.05, 0) is 62.8 Å². The fourth-order valence-electron chi connectivity index (χ4n) is 4.73. The first-order valence-corrected chi connectivity index (χ1v) is 11.4. The Balaban J connectivity index is 1.40. The largest absolute Gasteiger partial charge is 0.487 e. The van der Waals surface area contributed by atoms with Crippen molar-refractivity contribution >= 4 is 17.5 Å². The number of anilines is 1. The van der Waals surface area contributed by atoms with E-state index in [2.05, 4.69) is 24.1 Å². The van der Waals surface area contributed by atoms with E-state index in [0.29, 0.717) is 13.1 Å². The Morgan fingerprint density at radius 1 is 1.10 bits per heavy atom. The standard InChI is InChI=1S/C24H37N3O3/c1-17-6-7-22-21(13-17)27(16-20(4)30-22)24(29)9-8-23(28)25-10-5-11-26-14-18(2)12-19(3)15-26/h6-7,13,18-20H,5,8-12,14-16H2,1-4H3,(H,25,28)/t18-,19+,20-/m1/s1. The molecule has 1 saturated heterocycles. The Hall–Kier alpha value is -2.08. The highest BCUT2D eigenvalue weighted by atomic mass is 16.5. The average Bonchev–Trinajstić information content (AvgIpc) is 2.68. The highest BCUT2D eigenvalue weighted by Gasteiger charge is 2.27. The Kier molecular flexibility index (Phi) is 7.75. The maximum absolute atomic E-state index is 12.8. The number of amides is 2. The molecule has 0 bridgehead atoms. The first-order chi connectivity index (χ1) is 14.3. The summed E-state index contributed by atoms with van der Waals surface area (Å²) in [6, 6.07) is 5.87. The van der Waals surface area contributed by atoms with Gasteiger partial charge in [-0.2, -0.15) is 0 Å². The quantitative estimate of drug-likeness (QED) is 0.694. The highest BCUT2D eigenvalue weighted by Crippen LogP contribution is 2.34. The van der Waals surface area contributed by atoms with E-state index < -0.39 is 0 Å². The molecule has 166 valence electrons. The van der Waals surface area contributed by atoms with Gasteiger partial charge in [0.25, 0.3) is 0 Å². The van der Waals surface area contributed by atoms with Crippen molar-refractivity contribution in [3.05, 3.63) is 23.8 Å². The number of likely N-dealkylation sites (tertiary alicyclic amines) is 1. The molecule has 0 aromatic heterocycles. The van der Waals surface area contributed by atoms with Crippen LogP contribution in [0.3, 0.4) is 0 Å². The molecule has 0 radical (unpaired) electrons. The van der Waals surface area contributed by atoms with Crippen molar-refractivity contribution in [1.82, 2.24) is 10.2 Å². The van der Waals surface area contributed by atoms with Gasteiger partial charge in [0.2, 0.25) is 11.8 Å². The second kappa shape index (κ2) is 10.3. The van der Waals surface area contributed by atoms with Crippen molar-refractivity contribution in [2.24, 2.45) is 11.8 Å². The van der Waals surface area contributed by atoms with Crippen LogP contribution >= 0.6 is 0 Å². The van der Waals surface area contributed by atoms with E-state index in [1.165, 1.54) is 6.42 Å². The predicted octanol–water partition coefficient (Wildman–Crippen LogP) is 3.37. The van der Waals surface area contributed by atoms with Crippen molar-refractivity contribution in [1.29, 1.82) is 0 Å². The van der Waals surface area contributed by atoms with E-state index >= 15 is 0 Å². The van der Waals surface area contributed by atoms with Crippen molar-refractivity contribution < 1.29 is 14.3 Å². The molecule has 3 atom stereocenters. The summed E-state index contributed by atoms with van der Waals surface area (Å²) in [5.41, 5.74) is 1.89. The number of nitrogens with zero attached hydrogens (tertiary/aromatic N) is 2. The zero-order chi connectivity index (χ0) is 21.7. The molecular formula is C24H37N3O3. The van der Waals surface area contributed by atoms with Crippen molar-refractivity contribution in [2.75, 3.05) is 37.6 Å². The maximum atomic E-state index is 12.8. The van der Waals surface area contributed by atoms with Crippen LogP contribution in [0.1, 0.15) is 52.0 Å². The summed E-state index contributed by atoms with van der Waals surface area (Å²) in [6.45, 7) is 13.1. The number of fused-ring (bicyclic) bond motifs is 1. The van der Waals surface area contributed by atoms with Crippen LogP contribution in [0.25, 0.3) is 0 Å². The Morgan fingerprint density at radius 2 is 1.83 bits per heavy atom. The molecule has 1 aromatic rings. The first kappa shape index (κ1) is 22.6. The van der Waals surface area contributed by atoms with Crippen LogP contribution in [-0.4, -0.2) is 55.5 Å². The van der Waals surface area contributed by atoms with Gasteiger partial charge in [0.05, 0.1) is 12.2 Å². The molecule has 2 aliphatic heterocycles. The van der Waals surface area contributed by atoms with Gasteiger partial charge >= 0.3 is 0 Å². The van der Waals surface area contributed by atoms with Crippen LogP contribution in [0, 0.1) is 18.8 Å². The van der Waals surface area contributed by atoms with Crippen LogP contribution in [0.15, 0.2) is 18.2 Å². The predicted molar refractivity (Wildman–Crippen MR) is 120 cm³/mol. The lowest BCUT2D eigenvalue weighted by Gasteiger charge is -2.35. The topological polar surface area (TPSA) is 61.9 Å². The van der Waals surface area contributed by atoms with Gasteiger partial charge in [0, 0.05) is 32.5 Å². The molecule has 0 spiro atoms. The third-order valence-electron chi connectivity index (χ3n) is 5.96. The fraction of sp³-hybridized carbons (Fsp3) is 0.667. The summed E-state index contributed by atoms with van der Waals surface area (Å²) in [5.74, 6) is 2.17. The van der Waals surface area contributed by atoms with E-state index in [1.54, 1.807) is 4.90 Å². The lowest BCUT2D eigenvalue weighted by Crippen LogP contribution is -2.42. The zero-order valence-corrected chi connectivity index (χ0v) is 18.9. The van der Waals surface area contributed by atoms with Gasteiger partial charge in [0.15, 0.2) is 0 Å². The molecule has 6 nitrogen and oxygen atoms in total. The number of nitrogens with one attached hydrogen (secondary N) is 1. The van der Waals surface area contributed by atoms with E-state index in [0.717, 1.165) is 54.9 Å². The second-order valence-electron chi connectivity index (χ2n) is 9.31. The van der Waals surface area contributed by atoms with Crippen molar-refractivity contribution in [3.8, 4) is 5.75 Å². The van der Waals surface area contributed by atoms with Gasteiger partial charge in [-0.1, -0.05) is 19.9 Å². The van der Waals surface area contributed by atoms with Crippen LogP contribution in [-0.2, 0) is 9.59 Å². The number of benzene rings is 1. The normalized spacial score (nSPS) is 24.1. The molecule has 30 heavy (non-hydrogen) atoms. The maximum Gasteiger partial charge on any atom is 0.227 e. The van der Waals surface area contributed by atoms with Gasteiger partial charge in [-0.15, -0.1) is 0 Å². The number of aryl methyl sites for hydroxylation is 1. The van der Waals surface area contributed by atoms with Gasteiger partial charge in [-0.25, -0.2) is 0 Å². The Bertz CT molecular complexity index is 741. The minimum Gasteiger partial charge on any atom is -0.487 e. The second-order valence-corrected chi connectivity index (χ2v) is 9.31. The molecule has 2 aliphatic rings. The van der Waals surface area contributed by atoms with Crippen LogP contribution in [0.4, 0.5) is 5.69 Å². The Morgan fingerprint density at radius 3 is 2.57 bits per heavy atom. The van der Waals surface area contributed by atoms with E-state index in [1.807, 2.05) is 32.0 Å². The minimum absolute atomic E-state index is 0.0246. The number of carbonyl (C=O) groups excluding carboxylic acids is 2. The highest BCUT2D eigenvalue weighted by molar-refractivity contribution is 5.97. The number of ether oxygens (including phenoxy) is 1.